The van der Waals surface area contributed by atoms with Gasteiger partial charge in [0.15, 0.2) is 5.76 Å². The summed E-state index contributed by atoms with van der Waals surface area (Å²) in [6.07, 6.45) is 9.53. The lowest BCUT2D eigenvalue weighted by molar-refractivity contribution is -0.134. The van der Waals surface area contributed by atoms with Crippen molar-refractivity contribution >= 4 is 11.8 Å². The number of fused-ring (bicyclic) bond motifs is 1. The minimum absolute atomic E-state index is 0.107. The van der Waals surface area contributed by atoms with E-state index in [0.29, 0.717) is 30.2 Å². The highest BCUT2D eigenvalue weighted by Crippen LogP contribution is 2.32. The average molecular weight is 475 g/mol. The van der Waals surface area contributed by atoms with Crippen LogP contribution in [0, 0.1) is 6.92 Å². The van der Waals surface area contributed by atoms with Crippen LogP contribution in [0.25, 0.3) is 11.5 Å². The van der Waals surface area contributed by atoms with E-state index in [-0.39, 0.29) is 17.9 Å². The highest BCUT2D eigenvalue weighted by Gasteiger charge is 2.48. The lowest BCUT2D eigenvalue weighted by Gasteiger charge is -2.44. The summed E-state index contributed by atoms with van der Waals surface area (Å²) >= 11 is 0. The highest BCUT2D eigenvalue weighted by atomic mass is 16.3. The van der Waals surface area contributed by atoms with Crippen LogP contribution in [0.15, 0.2) is 53.1 Å². The Hall–Kier alpha value is -3.35. The van der Waals surface area contributed by atoms with Crippen LogP contribution in [-0.2, 0) is 17.9 Å². The molecule has 0 spiro atoms. The number of aryl methyl sites for hydroxylation is 1. The van der Waals surface area contributed by atoms with Crippen molar-refractivity contribution in [3.63, 3.8) is 0 Å². The summed E-state index contributed by atoms with van der Waals surface area (Å²) in [5, 5.41) is 7.96. The molecule has 1 aliphatic carbocycles. The normalized spacial score (nSPS) is 21.3. The molecule has 7 heteroatoms. The average Bonchev–Trinajstić information content (AvgIpc) is 3.49. The fourth-order valence-corrected chi connectivity index (χ4v) is 5.25. The zero-order valence-electron chi connectivity index (χ0n) is 20.6. The summed E-state index contributed by atoms with van der Waals surface area (Å²) in [7, 11) is 0. The molecule has 1 N–H and O–H groups in total. The van der Waals surface area contributed by atoms with E-state index in [1.54, 1.807) is 28.0 Å². The van der Waals surface area contributed by atoms with Crippen molar-refractivity contribution in [1.82, 2.24) is 20.0 Å². The number of hydrogen-bond acceptors (Lipinski definition) is 4. The van der Waals surface area contributed by atoms with E-state index in [0.717, 1.165) is 36.8 Å². The number of carbonyl (C=O) groups excluding carboxylic acids is 2. The second kappa shape index (κ2) is 9.72. The number of benzene rings is 1. The third-order valence-corrected chi connectivity index (χ3v) is 7.46. The van der Waals surface area contributed by atoms with Gasteiger partial charge in [0.1, 0.15) is 16.9 Å². The van der Waals surface area contributed by atoms with Crippen LogP contribution in [0.5, 0.6) is 0 Å². The Morgan fingerprint density at radius 1 is 1.11 bits per heavy atom. The molecule has 3 aromatic rings. The van der Waals surface area contributed by atoms with Crippen LogP contribution in [0.4, 0.5) is 0 Å². The second-order valence-electron chi connectivity index (χ2n) is 10.2. The molecule has 2 aromatic heterocycles. The van der Waals surface area contributed by atoms with Crippen LogP contribution in [-0.4, -0.2) is 38.1 Å². The molecule has 1 atom stereocenters. The molecule has 1 aromatic carbocycles. The molecule has 1 fully saturated rings. The molecule has 35 heavy (non-hydrogen) atoms. The molecule has 2 amide bonds. The monoisotopic (exact) mass is 474 g/mol. The molecule has 7 nitrogen and oxygen atoms in total. The predicted octanol–water partition coefficient (Wildman–Crippen LogP) is 5.10. The van der Waals surface area contributed by atoms with Gasteiger partial charge in [0, 0.05) is 18.7 Å². The lowest BCUT2D eigenvalue weighted by Crippen LogP contribution is -2.64. The Bertz CT molecular complexity index is 1170. The zero-order valence-corrected chi connectivity index (χ0v) is 20.6. The van der Waals surface area contributed by atoms with Crippen molar-refractivity contribution in [2.75, 3.05) is 0 Å². The third kappa shape index (κ3) is 4.77. The lowest BCUT2D eigenvalue weighted by atomic mass is 9.91. The van der Waals surface area contributed by atoms with E-state index in [1.807, 2.05) is 44.2 Å². The quantitative estimate of drug-likeness (QED) is 0.558. The first-order valence-corrected chi connectivity index (χ1v) is 12.7. The van der Waals surface area contributed by atoms with E-state index in [9.17, 15) is 9.59 Å². The number of hydrogen-bond donors (Lipinski definition) is 1. The first kappa shape index (κ1) is 23.4. The number of aromatic nitrogens is 2. The van der Waals surface area contributed by atoms with E-state index in [4.69, 9.17) is 4.42 Å². The molecule has 0 bridgehead atoms. The molecular weight excluding hydrogens is 440 g/mol. The minimum Gasteiger partial charge on any atom is -0.463 e. The standard InChI is InChI=1S/C28H34N4O3/c1-20-12-14-21(15-13-20)18-31-26(33)24-17-23(25-11-8-16-35-25)30-32(24)19-28(31,2)27(34)29-22-9-6-4-3-5-7-10-22/h8,11-17,22H,3-7,9-10,18-19H2,1-2H3,(H,29,34). The minimum atomic E-state index is -1.07. The molecular formula is C28H34N4O3. The van der Waals surface area contributed by atoms with Gasteiger partial charge in [0.2, 0.25) is 5.91 Å². The van der Waals surface area contributed by atoms with Crippen molar-refractivity contribution in [3.05, 3.63) is 65.5 Å². The van der Waals surface area contributed by atoms with Gasteiger partial charge in [-0.3, -0.25) is 14.3 Å². The molecule has 1 unspecified atom stereocenters. The van der Waals surface area contributed by atoms with Crippen molar-refractivity contribution in [3.8, 4) is 11.5 Å². The molecule has 0 saturated heterocycles. The molecule has 2 aliphatic rings. The van der Waals surface area contributed by atoms with E-state index >= 15 is 0 Å². The van der Waals surface area contributed by atoms with Gasteiger partial charge in [-0.15, -0.1) is 0 Å². The highest BCUT2D eigenvalue weighted by molar-refractivity contribution is 6.00. The molecule has 1 saturated carbocycles. The Labute approximate surface area is 206 Å². The van der Waals surface area contributed by atoms with Crippen molar-refractivity contribution in [1.29, 1.82) is 0 Å². The van der Waals surface area contributed by atoms with Gasteiger partial charge >= 0.3 is 0 Å². The van der Waals surface area contributed by atoms with E-state index in [1.165, 1.54) is 19.3 Å². The summed E-state index contributed by atoms with van der Waals surface area (Å²) in [4.78, 5) is 29.4. The molecule has 1 aliphatic heterocycles. The number of carbonyl (C=O) groups is 2. The largest absolute Gasteiger partial charge is 0.463 e. The first-order valence-electron chi connectivity index (χ1n) is 12.7. The summed E-state index contributed by atoms with van der Waals surface area (Å²) in [5.74, 6) is 0.298. The van der Waals surface area contributed by atoms with Gasteiger partial charge in [-0.1, -0.05) is 61.9 Å². The Kier molecular flexibility index (Phi) is 6.50. The van der Waals surface area contributed by atoms with Gasteiger partial charge in [-0.2, -0.15) is 5.10 Å². The van der Waals surface area contributed by atoms with Crippen LogP contribution in [0.3, 0.4) is 0 Å². The van der Waals surface area contributed by atoms with Gasteiger partial charge < -0.3 is 14.6 Å². The Balaban J connectivity index is 1.47. The number of furan rings is 1. The van der Waals surface area contributed by atoms with Crippen LogP contribution in [0.2, 0.25) is 0 Å². The van der Waals surface area contributed by atoms with Crippen molar-refractivity contribution in [2.24, 2.45) is 0 Å². The maximum absolute atomic E-state index is 13.9. The molecule has 3 heterocycles. The predicted molar refractivity (Wildman–Crippen MR) is 134 cm³/mol. The number of nitrogens with one attached hydrogen (secondary N) is 1. The van der Waals surface area contributed by atoms with E-state index < -0.39 is 5.54 Å². The van der Waals surface area contributed by atoms with Gasteiger partial charge in [0.25, 0.3) is 5.91 Å². The van der Waals surface area contributed by atoms with Crippen LogP contribution >= 0.6 is 0 Å². The van der Waals surface area contributed by atoms with Crippen molar-refractivity contribution < 1.29 is 14.0 Å². The maximum Gasteiger partial charge on any atom is 0.273 e. The molecule has 5 rings (SSSR count). The fourth-order valence-electron chi connectivity index (χ4n) is 5.25. The summed E-state index contributed by atoms with van der Waals surface area (Å²) in [6.45, 7) is 4.56. The van der Waals surface area contributed by atoms with E-state index in [2.05, 4.69) is 10.4 Å². The number of rotatable bonds is 5. The third-order valence-electron chi connectivity index (χ3n) is 7.46. The van der Waals surface area contributed by atoms with Crippen LogP contribution in [0.1, 0.15) is 73.5 Å². The van der Waals surface area contributed by atoms with Crippen LogP contribution < -0.4 is 5.32 Å². The van der Waals surface area contributed by atoms with Gasteiger partial charge in [0.05, 0.1) is 12.8 Å². The summed E-state index contributed by atoms with van der Waals surface area (Å²) in [6, 6.07) is 13.6. The molecule has 0 radical (unpaired) electrons. The van der Waals surface area contributed by atoms with Crippen molar-refractivity contribution in [2.45, 2.75) is 83.5 Å². The zero-order chi connectivity index (χ0) is 24.4. The first-order chi connectivity index (χ1) is 16.9. The maximum atomic E-state index is 13.9. The van der Waals surface area contributed by atoms with Gasteiger partial charge in [-0.05, 0) is 44.4 Å². The summed E-state index contributed by atoms with van der Waals surface area (Å²) in [5.41, 5.74) is 2.15. The smallest absolute Gasteiger partial charge is 0.273 e. The fraction of sp³-hybridized carbons (Fsp3) is 0.464. The Morgan fingerprint density at radius 2 is 1.83 bits per heavy atom. The second-order valence-corrected chi connectivity index (χ2v) is 10.2. The molecule has 184 valence electrons. The van der Waals surface area contributed by atoms with Gasteiger partial charge in [-0.25, -0.2) is 0 Å². The number of amides is 2. The Morgan fingerprint density at radius 3 is 2.51 bits per heavy atom. The summed E-state index contributed by atoms with van der Waals surface area (Å²) < 4.78 is 7.18. The topological polar surface area (TPSA) is 80.4 Å². The number of nitrogens with zero attached hydrogens (tertiary/aromatic N) is 3. The SMILES string of the molecule is Cc1ccc(CN2C(=O)c3cc(-c4ccco4)nn3CC2(C)C(=O)NC2CCCCCCC2)cc1.